The zero-order valence-corrected chi connectivity index (χ0v) is 13.5. The Hall–Kier alpha value is -1.66. The Balaban J connectivity index is 1.65. The third-order valence-electron chi connectivity index (χ3n) is 3.68. The van der Waals surface area contributed by atoms with Gasteiger partial charge in [-0.1, -0.05) is 35.3 Å². The zero-order valence-electron chi connectivity index (χ0n) is 11.9. The van der Waals surface area contributed by atoms with Gasteiger partial charge in [0.05, 0.1) is 10.7 Å². The lowest BCUT2D eigenvalue weighted by Crippen LogP contribution is -2.39. The molecule has 0 aromatic heterocycles. The number of hydrogen-bond donors (Lipinski definition) is 3. The molecule has 7 heteroatoms. The molecule has 0 spiro atoms. The summed E-state index contributed by atoms with van der Waals surface area (Å²) in [5, 5.41) is 3.59. The molecule has 2 unspecified atom stereocenters. The molecule has 23 heavy (non-hydrogen) atoms. The Morgan fingerprint density at radius 2 is 1.87 bits per heavy atom. The van der Waals surface area contributed by atoms with Crippen molar-refractivity contribution in [3.8, 4) is 0 Å². The molecule has 1 aliphatic heterocycles. The molecular formula is C16H14Cl2FN3O. The predicted octanol–water partition coefficient (Wildman–Crippen LogP) is 3.68. The molecule has 1 saturated heterocycles. The lowest BCUT2D eigenvalue weighted by atomic mass is 10.0. The SMILES string of the molecule is O=C(Nc1cc(F)ccc1Cl)C1CC(c2ccc(Cl)cc2)NN1. The summed E-state index contributed by atoms with van der Waals surface area (Å²) in [4.78, 5) is 12.3. The second-order valence-electron chi connectivity index (χ2n) is 5.29. The molecule has 3 N–H and O–H groups in total. The topological polar surface area (TPSA) is 53.2 Å². The normalized spacial score (nSPS) is 20.5. The molecule has 0 bridgehead atoms. The van der Waals surface area contributed by atoms with Crippen LogP contribution < -0.4 is 16.2 Å². The van der Waals surface area contributed by atoms with Crippen LogP contribution in [0.2, 0.25) is 10.0 Å². The number of benzene rings is 2. The molecule has 1 fully saturated rings. The Morgan fingerprint density at radius 1 is 1.13 bits per heavy atom. The van der Waals surface area contributed by atoms with Crippen molar-refractivity contribution in [2.75, 3.05) is 5.32 Å². The highest BCUT2D eigenvalue weighted by atomic mass is 35.5. The minimum Gasteiger partial charge on any atom is -0.323 e. The summed E-state index contributed by atoms with van der Waals surface area (Å²) in [6.45, 7) is 0. The van der Waals surface area contributed by atoms with E-state index in [1.165, 1.54) is 18.2 Å². The van der Waals surface area contributed by atoms with Crippen LogP contribution in [0.15, 0.2) is 42.5 Å². The molecule has 2 aromatic rings. The van der Waals surface area contributed by atoms with Crippen LogP contribution in [0.4, 0.5) is 10.1 Å². The number of rotatable bonds is 3. The number of carbonyl (C=O) groups excluding carboxylic acids is 1. The van der Waals surface area contributed by atoms with Crippen molar-refractivity contribution in [3.63, 3.8) is 0 Å². The van der Waals surface area contributed by atoms with Crippen LogP contribution in [0, 0.1) is 5.82 Å². The third-order valence-corrected chi connectivity index (χ3v) is 4.26. The maximum atomic E-state index is 13.2. The first-order valence-electron chi connectivity index (χ1n) is 7.05. The number of anilines is 1. The van der Waals surface area contributed by atoms with Gasteiger partial charge in [-0.05, 0) is 42.3 Å². The summed E-state index contributed by atoms with van der Waals surface area (Å²) < 4.78 is 13.2. The van der Waals surface area contributed by atoms with Crippen LogP contribution in [0.5, 0.6) is 0 Å². The van der Waals surface area contributed by atoms with E-state index in [0.29, 0.717) is 16.5 Å². The van der Waals surface area contributed by atoms with Crippen LogP contribution in [-0.4, -0.2) is 11.9 Å². The molecule has 1 aliphatic rings. The fraction of sp³-hybridized carbons (Fsp3) is 0.188. The highest BCUT2D eigenvalue weighted by Gasteiger charge is 2.30. The summed E-state index contributed by atoms with van der Waals surface area (Å²) in [6.07, 6.45) is 0.556. The molecule has 0 radical (unpaired) electrons. The predicted molar refractivity (Wildman–Crippen MR) is 88.9 cm³/mol. The standard InChI is InChI=1S/C16H14Cl2FN3O/c17-10-3-1-9(2-4-10)13-8-15(22-21-13)16(23)20-14-7-11(19)5-6-12(14)18/h1-7,13,15,21-22H,8H2,(H,20,23). The van der Waals surface area contributed by atoms with Gasteiger partial charge in [-0.15, -0.1) is 0 Å². The van der Waals surface area contributed by atoms with Crippen molar-refractivity contribution in [1.29, 1.82) is 0 Å². The molecule has 0 aliphatic carbocycles. The Kier molecular flexibility index (Phi) is 4.82. The number of hydrazine groups is 1. The highest BCUT2D eigenvalue weighted by Crippen LogP contribution is 2.26. The average molecular weight is 354 g/mol. The van der Waals surface area contributed by atoms with E-state index in [2.05, 4.69) is 16.2 Å². The minimum atomic E-state index is -0.457. The van der Waals surface area contributed by atoms with Crippen LogP contribution in [0.3, 0.4) is 0 Å². The van der Waals surface area contributed by atoms with E-state index >= 15 is 0 Å². The second-order valence-corrected chi connectivity index (χ2v) is 6.14. The van der Waals surface area contributed by atoms with Crippen LogP contribution in [0.1, 0.15) is 18.0 Å². The van der Waals surface area contributed by atoms with Gasteiger partial charge in [0.1, 0.15) is 11.9 Å². The summed E-state index contributed by atoms with van der Waals surface area (Å²) in [5.74, 6) is -0.734. The van der Waals surface area contributed by atoms with Gasteiger partial charge >= 0.3 is 0 Å². The first-order chi connectivity index (χ1) is 11.0. The second kappa shape index (κ2) is 6.84. The van der Waals surface area contributed by atoms with E-state index in [1.807, 2.05) is 12.1 Å². The van der Waals surface area contributed by atoms with Gasteiger partial charge in [0, 0.05) is 11.1 Å². The lowest BCUT2D eigenvalue weighted by molar-refractivity contribution is -0.117. The van der Waals surface area contributed by atoms with E-state index in [9.17, 15) is 9.18 Å². The van der Waals surface area contributed by atoms with E-state index in [0.717, 1.165) is 5.56 Å². The van der Waals surface area contributed by atoms with Crippen LogP contribution in [0.25, 0.3) is 0 Å². The molecule has 2 aromatic carbocycles. The van der Waals surface area contributed by atoms with E-state index in [-0.39, 0.29) is 17.6 Å². The molecular weight excluding hydrogens is 340 g/mol. The summed E-state index contributed by atoms with van der Waals surface area (Å²) in [7, 11) is 0. The van der Waals surface area contributed by atoms with E-state index in [4.69, 9.17) is 23.2 Å². The van der Waals surface area contributed by atoms with Crippen molar-refractivity contribution in [2.24, 2.45) is 0 Å². The van der Waals surface area contributed by atoms with Gasteiger partial charge < -0.3 is 5.32 Å². The first-order valence-corrected chi connectivity index (χ1v) is 7.81. The summed E-state index contributed by atoms with van der Waals surface area (Å²) >= 11 is 11.8. The molecule has 2 atom stereocenters. The number of amides is 1. The molecule has 1 heterocycles. The monoisotopic (exact) mass is 353 g/mol. The van der Waals surface area contributed by atoms with Gasteiger partial charge in [-0.3, -0.25) is 4.79 Å². The van der Waals surface area contributed by atoms with Crippen LogP contribution in [-0.2, 0) is 4.79 Å². The van der Waals surface area contributed by atoms with Crippen molar-refractivity contribution in [1.82, 2.24) is 10.9 Å². The number of hydrogen-bond acceptors (Lipinski definition) is 3. The number of halogens is 3. The van der Waals surface area contributed by atoms with E-state index in [1.54, 1.807) is 12.1 Å². The van der Waals surface area contributed by atoms with Crippen molar-refractivity contribution >= 4 is 34.8 Å². The maximum absolute atomic E-state index is 13.2. The summed E-state index contributed by atoms with van der Waals surface area (Å²) in [6, 6.07) is 10.8. The Bertz CT molecular complexity index is 724. The first kappa shape index (κ1) is 16.2. The molecule has 0 saturated carbocycles. The maximum Gasteiger partial charge on any atom is 0.242 e. The number of carbonyl (C=O) groups is 1. The fourth-order valence-corrected chi connectivity index (χ4v) is 2.75. The van der Waals surface area contributed by atoms with Gasteiger partial charge in [0.15, 0.2) is 0 Å². The van der Waals surface area contributed by atoms with Gasteiger partial charge in [-0.25, -0.2) is 15.2 Å². The highest BCUT2D eigenvalue weighted by molar-refractivity contribution is 6.33. The number of nitrogens with one attached hydrogen (secondary N) is 3. The third kappa shape index (κ3) is 3.82. The zero-order chi connectivity index (χ0) is 16.4. The summed E-state index contributed by atoms with van der Waals surface area (Å²) in [5.41, 5.74) is 7.30. The smallest absolute Gasteiger partial charge is 0.242 e. The molecule has 3 rings (SSSR count). The lowest BCUT2D eigenvalue weighted by Gasteiger charge is -2.12. The van der Waals surface area contributed by atoms with Gasteiger partial charge in [0.2, 0.25) is 5.91 Å². The van der Waals surface area contributed by atoms with Crippen molar-refractivity contribution in [2.45, 2.75) is 18.5 Å². The molecule has 4 nitrogen and oxygen atoms in total. The van der Waals surface area contributed by atoms with Gasteiger partial charge in [0.25, 0.3) is 0 Å². The van der Waals surface area contributed by atoms with Crippen molar-refractivity contribution < 1.29 is 9.18 Å². The van der Waals surface area contributed by atoms with Crippen LogP contribution >= 0.6 is 23.2 Å². The molecule has 1 amide bonds. The largest absolute Gasteiger partial charge is 0.323 e. The average Bonchev–Trinajstić information content (AvgIpc) is 3.02. The quantitative estimate of drug-likeness (QED) is 0.788. The Morgan fingerprint density at radius 3 is 2.61 bits per heavy atom. The minimum absolute atomic E-state index is 0.00834. The Labute approximate surface area is 142 Å². The van der Waals surface area contributed by atoms with Crippen molar-refractivity contribution in [3.05, 3.63) is 63.9 Å². The van der Waals surface area contributed by atoms with E-state index < -0.39 is 11.9 Å². The van der Waals surface area contributed by atoms with Gasteiger partial charge in [-0.2, -0.15) is 0 Å². The molecule has 120 valence electrons. The fourth-order valence-electron chi connectivity index (χ4n) is 2.45.